The van der Waals surface area contributed by atoms with Crippen molar-refractivity contribution < 1.29 is 9.52 Å². The third kappa shape index (κ3) is 2.15. The van der Waals surface area contributed by atoms with Crippen molar-refractivity contribution in [3.05, 3.63) is 34.2 Å². The Labute approximate surface area is 106 Å². The fourth-order valence-electron chi connectivity index (χ4n) is 1.39. The van der Waals surface area contributed by atoms with Crippen LogP contribution in [-0.2, 0) is 5.33 Å². The quantitative estimate of drug-likeness (QED) is 0.367. The average Bonchev–Trinajstić information content (AvgIpc) is 2.19. The van der Waals surface area contributed by atoms with Crippen molar-refractivity contribution in [3.63, 3.8) is 0 Å². The molecule has 6 heteroatoms. The molecule has 0 spiro atoms. The second-order valence-corrected chi connectivity index (χ2v) is 3.69. The van der Waals surface area contributed by atoms with Gasteiger partial charge in [0.15, 0.2) is 0 Å². The molecular weight excluding hydrogens is 297 g/mol. The van der Waals surface area contributed by atoms with Gasteiger partial charge in [0.1, 0.15) is 11.3 Å². The Morgan fingerprint density at radius 1 is 1.38 bits per heavy atom. The van der Waals surface area contributed by atoms with Crippen molar-refractivity contribution in [2.24, 2.45) is 0 Å². The van der Waals surface area contributed by atoms with Crippen LogP contribution in [0.15, 0.2) is 27.4 Å². The molecule has 3 N–H and O–H groups in total. The molecule has 0 bridgehead atoms. The molecule has 1 heterocycles. The minimum absolute atomic E-state index is 0. The maximum absolute atomic E-state index is 11.2. The molecule has 0 fully saturated rings. The summed E-state index contributed by atoms with van der Waals surface area (Å²) >= 11 is 3.27. The van der Waals surface area contributed by atoms with E-state index in [1.165, 1.54) is 12.1 Å². The van der Waals surface area contributed by atoms with E-state index in [1.54, 1.807) is 6.07 Å². The Bertz CT molecular complexity index is 582. The highest BCUT2D eigenvalue weighted by molar-refractivity contribution is 9.08. The van der Waals surface area contributed by atoms with Gasteiger partial charge >= 0.3 is 5.63 Å². The molecule has 0 aliphatic rings. The highest BCUT2D eigenvalue weighted by Crippen LogP contribution is 2.28. The molecule has 1 aromatic carbocycles. The standard InChI is InChI=1S/C10H8BrNO3.ClH/c11-4-5-1-10(14)15-9-3-8(13)7(12)2-6(5)9;/h1-3,13H,4,12H2;1H. The first-order valence-electron chi connectivity index (χ1n) is 4.23. The Morgan fingerprint density at radius 2 is 2.06 bits per heavy atom. The van der Waals surface area contributed by atoms with E-state index in [2.05, 4.69) is 15.9 Å². The number of aromatic hydroxyl groups is 1. The van der Waals surface area contributed by atoms with E-state index in [-0.39, 0.29) is 23.8 Å². The topological polar surface area (TPSA) is 76.5 Å². The second-order valence-electron chi connectivity index (χ2n) is 3.13. The number of phenolic OH excluding ortho intramolecular Hbond substituents is 1. The third-order valence-electron chi connectivity index (χ3n) is 2.12. The van der Waals surface area contributed by atoms with Gasteiger partial charge in [-0.1, -0.05) is 15.9 Å². The van der Waals surface area contributed by atoms with Crippen LogP contribution in [0.3, 0.4) is 0 Å². The highest BCUT2D eigenvalue weighted by Gasteiger charge is 2.07. The van der Waals surface area contributed by atoms with Crippen LogP contribution in [0.4, 0.5) is 5.69 Å². The minimum Gasteiger partial charge on any atom is -0.506 e. The highest BCUT2D eigenvalue weighted by atomic mass is 79.9. The van der Waals surface area contributed by atoms with Crippen LogP contribution in [0, 0.1) is 0 Å². The second kappa shape index (κ2) is 4.76. The van der Waals surface area contributed by atoms with Crippen molar-refractivity contribution in [1.82, 2.24) is 0 Å². The molecule has 0 amide bonds. The molecule has 0 atom stereocenters. The number of nitrogen functional groups attached to an aromatic ring is 1. The van der Waals surface area contributed by atoms with Crippen LogP contribution in [0.5, 0.6) is 5.75 Å². The first-order chi connectivity index (χ1) is 7.11. The van der Waals surface area contributed by atoms with Crippen molar-refractivity contribution in [1.29, 1.82) is 0 Å². The monoisotopic (exact) mass is 305 g/mol. The number of rotatable bonds is 1. The van der Waals surface area contributed by atoms with Crippen LogP contribution < -0.4 is 11.4 Å². The van der Waals surface area contributed by atoms with Crippen LogP contribution in [0.25, 0.3) is 11.0 Å². The molecular formula is C10H9BrClNO3. The van der Waals surface area contributed by atoms with Gasteiger partial charge in [0.05, 0.1) is 5.69 Å². The van der Waals surface area contributed by atoms with Gasteiger partial charge in [-0.2, -0.15) is 0 Å². The van der Waals surface area contributed by atoms with Crippen LogP contribution in [0.1, 0.15) is 5.56 Å². The van der Waals surface area contributed by atoms with E-state index in [0.29, 0.717) is 10.9 Å². The number of halogens is 2. The summed E-state index contributed by atoms with van der Waals surface area (Å²) < 4.78 is 4.95. The smallest absolute Gasteiger partial charge is 0.336 e. The predicted octanol–water partition coefficient (Wildman–Crippen LogP) is 2.40. The number of nitrogens with two attached hydrogens (primary N) is 1. The lowest BCUT2D eigenvalue weighted by atomic mass is 10.1. The van der Waals surface area contributed by atoms with Crippen LogP contribution in [-0.4, -0.2) is 5.11 Å². The summed E-state index contributed by atoms with van der Waals surface area (Å²) in [6, 6.07) is 4.33. The lowest BCUT2D eigenvalue weighted by molar-refractivity contribution is 0.475. The van der Waals surface area contributed by atoms with Crippen LogP contribution >= 0.6 is 28.3 Å². The van der Waals surface area contributed by atoms with Gasteiger partial charge in [0.2, 0.25) is 0 Å². The number of hydrogen-bond donors (Lipinski definition) is 2. The Hall–Kier alpha value is -1.20. The molecule has 1 aromatic heterocycles. The predicted molar refractivity (Wildman–Crippen MR) is 68.4 cm³/mol. The van der Waals surface area contributed by atoms with Gasteiger partial charge in [-0.25, -0.2) is 4.79 Å². The Morgan fingerprint density at radius 3 is 2.69 bits per heavy atom. The van der Waals surface area contributed by atoms with E-state index in [9.17, 15) is 9.90 Å². The summed E-state index contributed by atoms with van der Waals surface area (Å²) in [7, 11) is 0. The van der Waals surface area contributed by atoms with E-state index >= 15 is 0 Å². The molecule has 0 saturated carbocycles. The lowest BCUT2D eigenvalue weighted by Gasteiger charge is -2.04. The summed E-state index contributed by atoms with van der Waals surface area (Å²) in [4.78, 5) is 11.2. The van der Waals surface area contributed by atoms with E-state index in [4.69, 9.17) is 10.2 Å². The van der Waals surface area contributed by atoms with Crippen LogP contribution in [0.2, 0.25) is 0 Å². The van der Waals surface area contributed by atoms with Crippen molar-refractivity contribution >= 4 is 45.0 Å². The largest absolute Gasteiger partial charge is 0.506 e. The average molecular weight is 307 g/mol. The number of benzene rings is 1. The van der Waals surface area contributed by atoms with E-state index in [0.717, 1.165) is 10.9 Å². The van der Waals surface area contributed by atoms with Gasteiger partial charge in [-0.3, -0.25) is 0 Å². The minimum atomic E-state index is -0.443. The summed E-state index contributed by atoms with van der Waals surface area (Å²) in [6.45, 7) is 0. The number of fused-ring (bicyclic) bond motifs is 1. The Kier molecular flexibility index (Phi) is 3.83. The fraction of sp³-hybridized carbons (Fsp3) is 0.100. The number of phenols is 1. The number of alkyl halides is 1. The van der Waals surface area contributed by atoms with Crippen molar-refractivity contribution in [3.8, 4) is 5.75 Å². The first-order valence-corrected chi connectivity index (χ1v) is 5.35. The zero-order valence-corrected chi connectivity index (χ0v) is 10.5. The third-order valence-corrected chi connectivity index (χ3v) is 2.73. The zero-order chi connectivity index (χ0) is 11.0. The molecule has 4 nitrogen and oxygen atoms in total. The molecule has 2 aromatic rings. The molecule has 0 aliphatic heterocycles. The Balaban J connectivity index is 0.00000128. The first kappa shape index (κ1) is 12.9. The van der Waals surface area contributed by atoms with Gasteiger partial charge in [-0.05, 0) is 11.6 Å². The molecule has 2 rings (SSSR count). The van der Waals surface area contributed by atoms with Gasteiger partial charge in [-0.15, -0.1) is 12.4 Å². The normalized spacial score (nSPS) is 10.1. The maximum Gasteiger partial charge on any atom is 0.336 e. The molecule has 0 unspecified atom stereocenters. The van der Waals surface area contributed by atoms with Gasteiger partial charge < -0.3 is 15.3 Å². The molecule has 0 aliphatic carbocycles. The molecule has 16 heavy (non-hydrogen) atoms. The van der Waals surface area contributed by atoms with Gasteiger partial charge in [0, 0.05) is 22.8 Å². The molecule has 86 valence electrons. The van der Waals surface area contributed by atoms with E-state index < -0.39 is 5.63 Å². The summed E-state index contributed by atoms with van der Waals surface area (Å²) in [6.07, 6.45) is 0. The van der Waals surface area contributed by atoms with Gasteiger partial charge in [0.25, 0.3) is 0 Å². The summed E-state index contributed by atoms with van der Waals surface area (Å²) in [5.74, 6) is -0.0858. The lowest BCUT2D eigenvalue weighted by Crippen LogP contribution is -1.99. The SMILES string of the molecule is Cl.Nc1cc2c(CBr)cc(=O)oc2cc1O. The zero-order valence-electron chi connectivity index (χ0n) is 8.07. The molecule has 0 radical (unpaired) electrons. The van der Waals surface area contributed by atoms with Crippen molar-refractivity contribution in [2.45, 2.75) is 5.33 Å². The van der Waals surface area contributed by atoms with Crippen molar-refractivity contribution in [2.75, 3.05) is 5.73 Å². The van der Waals surface area contributed by atoms with E-state index in [1.807, 2.05) is 0 Å². The maximum atomic E-state index is 11.2. The number of hydrogen-bond acceptors (Lipinski definition) is 4. The fourth-order valence-corrected chi connectivity index (χ4v) is 1.85. The summed E-state index contributed by atoms with van der Waals surface area (Å²) in [5, 5.41) is 10.6. The summed E-state index contributed by atoms with van der Waals surface area (Å²) in [5.41, 5.74) is 6.50. The molecule has 0 saturated heterocycles. The number of anilines is 1.